The minimum Gasteiger partial charge on any atom is -0.207 e. The highest BCUT2D eigenvalue weighted by Gasteiger charge is 2.23. The second-order valence-corrected chi connectivity index (χ2v) is 7.13. The van der Waals surface area contributed by atoms with E-state index in [1.807, 2.05) is 0 Å². The van der Waals surface area contributed by atoms with Crippen LogP contribution in [0, 0.1) is 0 Å². The molecule has 94 valence electrons. The molecule has 0 atom stereocenters. The van der Waals surface area contributed by atoms with Crippen LogP contribution in [0.2, 0.25) is 5.02 Å². The Balaban J connectivity index is 3.17. The second-order valence-electron chi connectivity index (χ2n) is 3.79. The predicted molar refractivity (Wildman–Crippen MR) is 73.8 cm³/mol. The van der Waals surface area contributed by atoms with Gasteiger partial charge in [-0.1, -0.05) is 39.7 Å². The molecule has 0 radical (unpaired) electrons. The molecule has 0 fully saturated rings. The Morgan fingerprint density at radius 1 is 1.53 bits per heavy atom. The average molecular weight is 339 g/mol. The Kier molecular flexibility index (Phi) is 4.77. The maximum Gasteiger partial charge on any atom is 0.244 e. The molecule has 17 heavy (non-hydrogen) atoms. The Hall–Kier alpha value is -0.360. The number of sulfonamides is 1. The van der Waals surface area contributed by atoms with Gasteiger partial charge in [0.05, 0.1) is 5.02 Å². The summed E-state index contributed by atoms with van der Waals surface area (Å²) in [6.45, 7) is 5.74. The highest BCUT2D eigenvalue weighted by Crippen LogP contribution is 2.27. The van der Waals surface area contributed by atoms with Gasteiger partial charge in [-0.05, 0) is 25.1 Å². The molecular formula is C11H13BrClNO2S. The van der Waals surface area contributed by atoms with Gasteiger partial charge in [0.15, 0.2) is 0 Å². The highest BCUT2D eigenvalue weighted by molar-refractivity contribution is 9.10. The lowest BCUT2D eigenvalue weighted by Crippen LogP contribution is -2.28. The normalized spacial score (nSPS) is 11.8. The Morgan fingerprint density at radius 2 is 2.12 bits per heavy atom. The van der Waals surface area contributed by atoms with Gasteiger partial charge < -0.3 is 0 Å². The van der Waals surface area contributed by atoms with Crippen LogP contribution in [0.15, 0.2) is 39.7 Å². The Morgan fingerprint density at radius 3 is 2.59 bits per heavy atom. The summed E-state index contributed by atoms with van der Waals surface area (Å²) in [6, 6.07) is 4.69. The summed E-state index contributed by atoms with van der Waals surface area (Å²) in [4.78, 5) is 0.103. The summed E-state index contributed by atoms with van der Waals surface area (Å²) in [5, 5.41) is 0.202. The van der Waals surface area contributed by atoms with Crippen molar-refractivity contribution >= 4 is 37.6 Å². The molecular weight excluding hydrogens is 326 g/mol. The van der Waals surface area contributed by atoms with E-state index in [4.69, 9.17) is 11.6 Å². The molecule has 6 heteroatoms. The maximum absolute atomic E-state index is 12.2. The topological polar surface area (TPSA) is 37.4 Å². The molecule has 0 spiro atoms. The molecule has 0 N–H and O–H groups in total. The molecule has 1 aromatic rings. The van der Waals surface area contributed by atoms with Gasteiger partial charge in [-0.25, -0.2) is 8.42 Å². The lowest BCUT2D eigenvalue weighted by Gasteiger charge is -2.18. The molecule has 0 aromatic heterocycles. The van der Waals surface area contributed by atoms with Gasteiger partial charge in [0, 0.05) is 18.1 Å². The van der Waals surface area contributed by atoms with E-state index in [9.17, 15) is 8.42 Å². The standard InChI is InChI=1S/C11H13BrClNO2S/c1-8(2)7-14(3)17(15,16)11-5-4-9(12)6-10(11)13/h4-6H,1,7H2,2-3H3. The van der Waals surface area contributed by atoms with Crippen molar-refractivity contribution in [2.75, 3.05) is 13.6 Å². The average Bonchev–Trinajstić information content (AvgIpc) is 2.15. The fourth-order valence-electron chi connectivity index (χ4n) is 1.32. The third-order valence-corrected chi connectivity index (χ3v) is 4.85. The first-order chi connectivity index (χ1) is 7.75. The van der Waals surface area contributed by atoms with Crippen molar-refractivity contribution in [3.05, 3.63) is 39.8 Å². The largest absolute Gasteiger partial charge is 0.244 e. The van der Waals surface area contributed by atoms with Crippen molar-refractivity contribution in [1.29, 1.82) is 0 Å². The molecule has 0 aliphatic rings. The van der Waals surface area contributed by atoms with Crippen LogP contribution in [0.4, 0.5) is 0 Å². The van der Waals surface area contributed by atoms with Crippen LogP contribution in [0.25, 0.3) is 0 Å². The van der Waals surface area contributed by atoms with E-state index in [1.165, 1.54) is 17.4 Å². The SMILES string of the molecule is C=C(C)CN(C)S(=O)(=O)c1ccc(Br)cc1Cl. The van der Waals surface area contributed by atoms with Crippen LogP contribution in [0.5, 0.6) is 0 Å². The van der Waals surface area contributed by atoms with E-state index in [2.05, 4.69) is 22.5 Å². The molecule has 3 nitrogen and oxygen atoms in total. The molecule has 0 unspecified atom stereocenters. The van der Waals surface area contributed by atoms with E-state index in [1.54, 1.807) is 19.1 Å². The van der Waals surface area contributed by atoms with E-state index in [-0.39, 0.29) is 16.5 Å². The van der Waals surface area contributed by atoms with Gasteiger partial charge in [0.25, 0.3) is 0 Å². The summed E-state index contributed by atoms with van der Waals surface area (Å²) in [7, 11) is -2.06. The van der Waals surface area contributed by atoms with Crippen molar-refractivity contribution in [3.8, 4) is 0 Å². The van der Waals surface area contributed by atoms with Gasteiger partial charge >= 0.3 is 0 Å². The van der Waals surface area contributed by atoms with Crippen molar-refractivity contribution < 1.29 is 8.42 Å². The summed E-state index contributed by atoms with van der Waals surface area (Å²) < 4.78 is 26.3. The maximum atomic E-state index is 12.2. The minimum atomic E-state index is -3.56. The molecule has 0 saturated heterocycles. The minimum absolute atomic E-state index is 0.103. The van der Waals surface area contributed by atoms with Gasteiger partial charge in [-0.2, -0.15) is 4.31 Å². The van der Waals surface area contributed by atoms with E-state index >= 15 is 0 Å². The van der Waals surface area contributed by atoms with Crippen LogP contribution >= 0.6 is 27.5 Å². The Labute approximate surface area is 115 Å². The molecule has 0 heterocycles. The summed E-state index contributed by atoms with van der Waals surface area (Å²) in [5.41, 5.74) is 0.768. The zero-order valence-corrected chi connectivity index (χ0v) is 12.7. The summed E-state index contributed by atoms with van der Waals surface area (Å²) in [6.07, 6.45) is 0. The van der Waals surface area contributed by atoms with E-state index in [0.717, 1.165) is 10.0 Å². The number of hydrogen-bond acceptors (Lipinski definition) is 2. The quantitative estimate of drug-likeness (QED) is 0.790. The predicted octanol–water partition coefficient (Wildman–Crippen LogP) is 3.30. The summed E-state index contributed by atoms with van der Waals surface area (Å²) >= 11 is 9.17. The molecule has 0 amide bonds. The van der Waals surface area contributed by atoms with Crippen LogP contribution in [0.3, 0.4) is 0 Å². The molecule has 1 aromatic carbocycles. The molecule has 0 bridgehead atoms. The van der Waals surface area contributed by atoms with Crippen molar-refractivity contribution in [2.24, 2.45) is 0 Å². The van der Waals surface area contributed by atoms with Gasteiger partial charge in [-0.15, -0.1) is 0 Å². The summed E-state index contributed by atoms with van der Waals surface area (Å²) in [5.74, 6) is 0. The third-order valence-electron chi connectivity index (χ3n) is 2.07. The number of rotatable bonds is 4. The van der Waals surface area contributed by atoms with Crippen molar-refractivity contribution in [1.82, 2.24) is 4.31 Å². The van der Waals surface area contributed by atoms with Crippen LogP contribution in [0.1, 0.15) is 6.92 Å². The highest BCUT2D eigenvalue weighted by atomic mass is 79.9. The molecule has 1 rings (SSSR count). The fourth-order valence-corrected chi connectivity index (χ4v) is 3.55. The first-order valence-electron chi connectivity index (χ1n) is 4.81. The van der Waals surface area contributed by atoms with Crippen LogP contribution in [-0.4, -0.2) is 26.3 Å². The fraction of sp³-hybridized carbons (Fsp3) is 0.273. The smallest absolute Gasteiger partial charge is 0.207 e. The van der Waals surface area contributed by atoms with Gasteiger partial charge in [0.1, 0.15) is 4.90 Å². The van der Waals surface area contributed by atoms with Gasteiger partial charge in [0.2, 0.25) is 10.0 Å². The van der Waals surface area contributed by atoms with E-state index in [0.29, 0.717) is 0 Å². The lowest BCUT2D eigenvalue weighted by molar-refractivity contribution is 0.493. The first kappa shape index (κ1) is 14.7. The van der Waals surface area contributed by atoms with Gasteiger partial charge in [-0.3, -0.25) is 0 Å². The zero-order chi connectivity index (χ0) is 13.2. The number of likely N-dealkylation sites (N-methyl/N-ethyl adjacent to an activating group) is 1. The lowest BCUT2D eigenvalue weighted by atomic mass is 10.4. The van der Waals surface area contributed by atoms with Crippen LogP contribution < -0.4 is 0 Å². The second kappa shape index (κ2) is 5.52. The number of benzene rings is 1. The molecule has 0 aliphatic carbocycles. The monoisotopic (exact) mass is 337 g/mol. The molecule has 0 aliphatic heterocycles. The Bertz CT molecular complexity index is 542. The van der Waals surface area contributed by atoms with Crippen molar-refractivity contribution in [2.45, 2.75) is 11.8 Å². The van der Waals surface area contributed by atoms with Crippen LogP contribution in [-0.2, 0) is 10.0 Å². The number of halogens is 2. The van der Waals surface area contributed by atoms with Crippen molar-refractivity contribution in [3.63, 3.8) is 0 Å². The number of nitrogens with zero attached hydrogens (tertiary/aromatic N) is 1. The first-order valence-corrected chi connectivity index (χ1v) is 7.42. The van der Waals surface area contributed by atoms with E-state index < -0.39 is 10.0 Å². The third kappa shape index (κ3) is 3.55. The zero-order valence-electron chi connectivity index (χ0n) is 9.57. The molecule has 0 saturated carbocycles. The number of hydrogen-bond donors (Lipinski definition) is 0.